The van der Waals surface area contributed by atoms with E-state index in [1.54, 1.807) is 24.3 Å². The molecule has 0 aliphatic carbocycles. The number of nitrogens with zero attached hydrogens (tertiary/aromatic N) is 1. The predicted octanol–water partition coefficient (Wildman–Crippen LogP) is 3.98. The van der Waals surface area contributed by atoms with Gasteiger partial charge in [-0.05, 0) is 47.1 Å². The number of hydrogen-bond donors (Lipinski definition) is 1. The minimum Gasteiger partial charge on any atom is -0.376 e. The van der Waals surface area contributed by atoms with E-state index in [1.807, 2.05) is 11.8 Å². The minimum atomic E-state index is -3.79. The van der Waals surface area contributed by atoms with Crippen molar-refractivity contribution in [2.45, 2.75) is 24.0 Å². The molecule has 1 N–H and O–H groups in total. The smallest absolute Gasteiger partial charge is 0.241 e. The fourth-order valence-corrected chi connectivity index (χ4v) is 5.63. The highest BCUT2D eigenvalue weighted by Gasteiger charge is 2.30. The van der Waals surface area contributed by atoms with Gasteiger partial charge in [-0.15, -0.1) is 0 Å². The van der Waals surface area contributed by atoms with Crippen LogP contribution in [-0.2, 0) is 14.8 Å². The third-order valence-corrected chi connectivity index (χ3v) is 7.40. The van der Waals surface area contributed by atoms with Gasteiger partial charge >= 0.3 is 0 Å². The Bertz CT molecular complexity index is 924. The van der Waals surface area contributed by atoms with Gasteiger partial charge in [-0.25, -0.2) is 17.5 Å². The maximum atomic E-state index is 14.6. The molecule has 0 amide bonds. The van der Waals surface area contributed by atoms with E-state index >= 15 is 0 Å². The molecule has 9 heteroatoms. The van der Waals surface area contributed by atoms with Crippen LogP contribution in [0, 0.1) is 5.82 Å². The van der Waals surface area contributed by atoms with Crippen molar-refractivity contribution in [2.24, 2.45) is 0 Å². The van der Waals surface area contributed by atoms with E-state index in [-0.39, 0.29) is 28.1 Å². The van der Waals surface area contributed by atoms with E-state index in [2.05, 4.69) is 20.7 Å². The first-order valence-electron chi connectivity index (χ1n) is 8.83. The predicted molar refractivity (Wildman–Crippen MR) is 110 cm³/mol. The molecule has 1 fully saturated rings. The Kier molecular flexibility index (Phi) is 7.12. The highest BCUT2D eigenvalue weighted by molar-refractivity contribution is 9.10. The number of benzene rings is 2. The van der Waals surface area contributed by atoms with Gasteiger partial charge in [0, 0.05) is 34.7 Å². The zero-order valence-electron chi connectivity index (χ0n) is 15.2. The number of halogens is 3. The average molecular weight is 492 g/mol. The first-order chi connectivity index (χ1) is 13.3. The van der Waals surface area contributed by atoms with Gasteiger partial charge in [-0.2, -0.15) is 0 Å². The fraction of sp³-hybridized carbons (Fsp3) is 0.368. The highest BCUT2D eigenvalue weighted by Crippen LogP contribution is 2.31. The van der Waals surface area contributed by atoms with Crippen LogP contribution in [0.5, 0.6) is 0 Å². The number of rotatable bonds is 6. The molecule has 0 bridgehead atoms. The molecule has 5 nitrogen and oxygen atoms in total. The Morgan fingerprint density at radius 3 is 2.75 bits per heavy atom. The van der Waals surface area contributed by atoms with Crippen LogP contribution >= 0.6 is 27.5 Å². The molecule has 2 atom stereocenters. The van der Waals surface area contributed by atoms with Crippen LogP contribution in [0.15, 0.2) is 51.8 Å². The molecule has 3 rings (SSSR count). The van der Waals surface area contributed by atoms with Gasteiger partial charge in [0.25, 0.3) is 0 Å². The van der Waals surface area contributed by atoms with Gasteiger partial charge in [0.2, 0.25) is 10.0 Å². The van der Waals surface area contributed by atoms with Crippen molar-refractivity contribution in [1.29, 1.82) is 0 Å². The van der Waals surface area contributed by atoms with Crippen molar-refractivity contribution in [1.82, 2.24) is 9.62 Å². The maximum Gasteiger partial charge on any atom is 0.241 e. The monoisotopic (exact) mass is 490 g/mol. The molecule has 0 aromatic heterocycles. The average Bonchev–Trinajstić information content (AvgIpc) is 2.64. The third kappa shape index (κ3) is 4.93. The quantitative estimate of drug-likeness (QED) is 0.664. The van der Waals surface area contributed by atoms with Crippen molar-refractivity contribution >= 4 is 37.6 Å². The van der Waals surface area contributed by atoms with Crippen molar-refractivity contribution in [3.63, 3.8) is 0 Å². The van der Waals surface area contributed by atoms with E-state index < -0.39 is 21.9 Å². The van der Waals surface area contributed by atoms with Gasteiger partial charge in [0.15, 0.2) is 0 Å². The van der Waals surface area contributed by atoms with Gasteiger partial charge in [0.05, 0.1) is 23.6 Å². The summed E-state index contributed by atoms with van der Waals surface area (Å²) >= 11 is 9.55. The molecule has 2 aromatic carbocycles. The zero-order valence-corrected chi connectivity index (χ0v) is 18.4. The number of morpholine rings is 1. The molecule has 2 aromatic rings. The first-order valence-corrected chi connectivity index (χ1v) is 11.5. The molecule has 1 aliphatic heterocycles. The number of hydrogen-bond acceptors (Lipinski definition) is 4. The number of ether oxygens (including phenoxy) is 1. The SMILES string of the molecule is CC1CN(C(CNS(=O)(=O)c2ccccc2Br)c2c(F)cccc2Cl)CCO1. The first kappa shape index (κ1) is 21.7. The lowest BCUT2D eigenvalue weighted by Gasteiger charge is -2.38. The molecule has 1 saturated heterocycles. The molecule has 0 saturated carbocycles. The number of sulfonamides is 1. The number of nitrogens with one attached hydrogen (secondary N) is 1. The lowest BCUT2D eigenvalue weighted by atomic mass is 10.0. The molecule has 1 heterocycles. The van der Waals surface area contributed by atoms with E-state index in [0.717, 1.165) is 0 Å². The Morgan fingerprint density at radius 1 is 1.32 bits per heavy atom. The van der Waals surface area contributed by atoms with E-state index in [1.165, 1.54) is 18.2 Å². The third-order valence-electron chi connectivity index (χ3n) is 4.64. The summed E-state index contributed by atoms with van der Waals surface area (Å²) in [5.41, 5.74) is 0.285. The molecule has 2 unspecified atom stereocenters. The molecular weight excluding hydrogens is 471 g/mol. The highest BCUT2D eigenvalue weighted by atomic mass is 79.9. The zero-order chi connectivity index (χ0) is 20.3. The summed E-state index contributed by atoms with van der Waals surface area (Å²) in [6.45, 7) is 3.50. The van der Waals surface area contributed by atoms with Crippen LogP contribution in [0.1, 0.15) is 18.5 Å². The summed E-state index contributed by atoms with van der Waals surface area (Å²) in [5, 5.41) is 0.268. The van der Waals surface area contributed by atoms with Crippen molar-refractivity contribution < 1.29 is 17.5 Å². The Labute approximate surface area is 178 Å². The molecule has 28 heavy (non-hydrogen) atoms. The van der Waals surface area contributed by atoms with E-state index in [4.69, 9.17) is 16.3 Å². The summed E-state index contributed by atoms with van der Waals surface area (Å²) in [7, 11) is -3.79. The topological polar surface area (TPSA) is 58.6 Å². The standard InChI is InChI=1S/C19H21BrClFN2O3S/c1-13-12-24(9-10-27-13)17(19-15(21)6-4-7-16(19)22)11-23-28(25,26)18-8-3-2-5-14(18)20/h2-8,13,17,23H,9-12H2,1H3. The second-order valence-electron chi connectivity index (χ2n) is 6.61. The summed E-state index contributed by atoms with van der Waals surface area (Å²) in [5.74, 6) is -0.461. The molecule has 152 valence electrons. The maximum absolute atomic E-state index is 14.6. The van der Waals surface area contributed by atoms with E-state index in [0.29, 0.717) is 24.2 Å². The molecule has 0 spiro atoms. The molecule has 1 aliphatic rings. The largest absolute Gasteiger partial charge is 0.376 e. The summed E-state index contributed by atoms with van der Waals surface area (Å²) in [6, 6.07) is 10.5. The van der Waals surface area contributed by atoms with Gasteiger partial charge < -0.3 is 4.74 Å². The summed E-state index contributed by atoms with van der Waals surface area (Å²) in [6.07, 6.45) is -0.0401. The van der Waals surface area contributed by atoms with Crippen molar-refractivity contribution in [3.8, 4) is 0 Å². The summed E-state index contributed by atoms with van der Waals surface area (Å²) < 4.78 is 48.9. The second kappa shape index (κ2) is 9.19. The van der Waals surface area contributed by atoms with E-state index in [9.17, 15) is 12.8 Å². The summed E-state index contributed by atoms with van der Waals surface area (Å²) in [4.78, 5) is 2.13. The van der Waals surface area contributed by atoms with Crippen LogP contribution in [0.25, 0.3) is 0 Å². The molecular formula is C19H21BrClFN2O3S. The fourth-order valence-electron chi connectivity index (χ4n) is 3.30. The Morgan fingerprint density at radius 2 is 2.07 bits per heavy atom. The second-order valence-corrected chi connectivity index (χ2v) is 9.61. The van der Waals surface area contributed by atoms with Crippen LogP contribution < -0.4 is 4.72 Å². The van der Waals surface area contributed by atoms with Crippen molar-refractivity contribution in [3.05, 3.63) is 63.3 Å². The van der Waals surface area contributed by atoms with Gasteiger partial charge in [0.1, 0.15) is 5.82 Å². The van der Waals surface area contributed by atoms with Crippen LogP contribution in [-0.4, -0.2) is 45.7 Å². The minimum absolute atomic E-state index is 0.0168. The Hall–Kier alpha value is -1.03. The van der Waals surface area contributed by atoms with Crippen LogP contribution in [0.2, 0.25) is 5.02 Å². The Balaban J connectivity index is 1.91. The van der Waals surface area contributed by atoms with Crippen LogP contribution in [0.3, 0.4) is 0 Å². The molecule has 0 radical (unpaired) electrons. The lowest BCUT2D eigenvalue weighted by Crippen LogP contribution is -2.46. The van der Waals surface area contributed by atoms with Gasteiger partial charge in [-0.3, -0.25) is 4.90 Å². The normalized spacial score (nSPS) is 19.5. The van der Waals surface area contributed by atoms with Gasteiger partial charge in [-0.1, -0.05) is 29.8 Å². The van der Waals surface area contributed by atoms with Crippen LogP contribution in [0.4, 0.5) is 4.39 Å². The lowest BCUT2D eigenvalue weighted by molar-refractivity contribution is -0.0342. The van der Waals surface area contributed by atoms with Crippen molar-refractivity contribution in [2.75, 3.05) is 26.2 Å².